The SMILES string of the molecule is Cc1ncsc1-c1ccc([C@H](C)NC(=O)[C@@H]2C[C@@H](O)CN2C(=O)[C@@H](NC(=O)COCCCn2cc(C#Cc3sc4c(c3C)C(c3ccc(Cl)cc3)=N[C@@H](C)c3nnc(C)n3-4)cn2)C(C)(C)C)cc1. The van der Waals surface area contributed by atoms with Gasteiger partial charge in [-0.15, -0.1) is 32.9 Å². The molecular formula is C50H55ClN10O5S2. The summed E-state index contributed by atoms with van der Waals surface area (Å²) in [5.41, 5.74) is 8.59. The highest BCUT2D eigenvalue weighted by Gasteiger charge is 2.45. The lowest BCUT2D eigenvalue weighted by Crippen LogP contribution is -2.58. The van der Waals surface area contributed by atoms with Crippen molar-refractivity contribution in [1.82, 2.24) is 45.1 Å². The summed E-state index contributed by atoms with van der Waals surface area (Å²) in [6, 6.07) is 13.2. The molecule has 0 radical (unpaired) electrons. The molecule has 18 heteroatoms. The van der Waals surface area contributed by atoms with Gasteiger partial charge in [0.1, 0.15) is 35.6 Å². The fourth-order valence-electron chi connectivity index (χ4n) is 8.49. The van der Waals surface area contributed by atoms with Gasteiger partial charge in [0, 0.05) is 48.5 Å². The topological polar surface area (TPSA) is 182 Å². The van der Waals surface area contributed by atoms with Gasteiger partial charge in [0.2, 0.25) is 17.7 Å². The van der Waals surface area contributed by atoms with Gasteiger partial charge in [-0.3, -0.25) is 28.6 Å². The molecule has 6 aromatic rings. The van der Waals surface area contributed by atoms with Crippen molar-refractivity contribution in [3.8, 4) is 27.3 Å². The third-order valence-electron chi connectivity index (χ3n) is 12.2. The fourth-order valence-corrected chi connectivity index (χ4v) is 10.6. The molecule has 1 saturated heterocycles. The Kier molecular flexibility index (Phi) is 14.4. The van der Waals surface area contributed by atoms with Crippen LogP contribution < -0.4 is 10.6 Å². The summed E-state index contributed by atoms with van der Waals surface area (Å²) in [7, 11) is 0. The number of amides is 3. The summed E-state index contributed by atoms with van der Waals surface area (Å²) in [5.74, 6) is 6.95. The third kappa shape index (κ3) is 10.5. The minimum Gasteiger partial charge on any atom is -0.391 e. The quantitative estimate of drug-likeness (QED) is 0.0790. The Balaban J connectivity index is 0.841. The zero-order chi connectivity index (χ0) is 48.4. The van der Waals surface area contributed by atoms with E-state index >= 15 is 0 Å². The first-order valence-electron chi connectivity index (χ1n) is 22.6. The number of nitrogens with zero attached hydrogens (tertiary/aromatic N) is 8. The Bertz CT molecular complexity index is 2920. The van der Waals surface area contributed by atoms with E-state index < -0.39 is 35.4 Å². The number of aromatic nitrogens is 6. The van der Waals surface area contributed by atoms with E-state index in [0.29, 0.717) is 18.0 Å². The molecule has 1 fully saturated rings. The van der Waals surface area contributed by atoms with Gasteiger partial charge in [-0.2, -0.15) is 5.10 Å². The van der Waals surface area contributed by atoms with Crippen LogP contribution in [0.4, 0.5) is 0 Å². The second-order valence-electron chi connectivity index (χ2n) is 18.4. The molecular weight excluding hydrogens is 920 g/mol. The lowest BCUT2D eigenvalue weighted by Gasteiger charge is -2.35. The van der Waals surface area contributed by atoms with Crippen molar-refractivity contribution in [2.24, 2.45) is 10.4 Å². The summed E-state index contributed by atoms with van der Waals surface area (Å²) in [4.78, 5) is 53.9. The van der Waals surface area contributed by atoms with E-state index in [1.54, 1.807) is 33.6 Å². The maximum atomic E-state index is 14.1. The van der Waals surface area contributed by atoms with E-state index in [4.69, 9.17) is 21.3 Å². The number of aliphatic hydroxyl groups excluding tert-OH is 1. The van der Waals surface area contributed by atoms with Gasteiger partial charge < -0.3 is 25.4 Å². The van der Waals surface area contributed by atoms with Crippen LogP contribution in [0.2, 0.25) is 5.02 Å². The molecule has 354 valence electrons. The molecule has 0 spiro atoms. The number of β-amino-alcohol motifs (C(OH)–C–C–N with tert-alkyl or cyclic N) is 1. The Hall–Kier alpha value is -6.03. The molecule has 3 amide bonds. The molecule has 2 aromatic carbocycles. The number of aliphatic imine (C=N–C) groups is 1. The van der Waals surface area contributed by atoms with Crippen LogP contribution in [0.1, 0.15) is 110 Å². The van der Waals surface area contributed by atoms with Crippen LogP contribution in [-0.2, 0) is 25.7 Å². The van der Waals surface area contributed by atoms with E-state index in [2.05, 4.69) is 54.2 Å². The van der Waals surface area contributed by atoms with E-state index in [-0.39, 0.29) is 44.2 Å². The lowest BCUT2D eigenvalue weighted by atomic mass is 9.85. The van der Waals surface area contributed by atoms with Crippen molar-refractivity contribution in [2.45, 2.75) is 105 Å². The highest BCUT2D eigenvalue weighted by Crippen LogP contribution is 2.39. The van der Waals surface area contributed by atoms with Crippen LogP contribution in [0.5, 0.6) is 0 Å². The van der Waals surface area contributed by atoms with Crippen LogP contribution in [0.15, 0.2) is 71.4 Å². The predicted molar refractivity (Wildman–Crippen MR) is 264 cm³/mol. The molecule has 0 saturated carbocycles. The second-order valence-corrected chi connectivity index (χ2v) is 20.7. The summed E-state index contributed by atoms with van der Waals surface area (Å²) in [6.45, 7) is 15.9. The molecule has 15 nitrogen and oxygen atoms in total. The molecule has 2 aliphatic rings. The maximum absolute atomic E-state index is 14.1. The standard InChI is InChI=1S/C50H55ClN10O5S2/c1-28-40(68-49-42(28)43(35-15-17-37(51)18-16-35)54-31(4)46-58-57-32(5)61(46)49)19-10-33-23-53-59(24-33)20-9-21-66-26-41(63)56-45(50(6,7)8)48(65)60-25-38(62)22-39(60)47(64)55-29(2)34-11-13-36(14-12-34)44-30(3)52-27-67-44/h11-18,23-24,27,29,31,38-39,45,62H,9,20-22,25-26H2,1-8H3,(H,55,64)(H,56,63)/t29-,31-,38+,39-,45+/m0/s1. The van der Waals surface area contributed by atoms with Gasteiger partial charge in [-0.05, 0) is 75.3 Å². The number of hydrogen-bond acceptors (Lipinski definition) is 12. The number of thiazole rings is 1. The smallest absolute Gasteiger partial charge is 0.246 e. The number of nitrogens with one attached hydrogen (secondary N) is 2. The van der Waals surface area contributed by atoms with Crippen molar-refractivity contribution in [3.05, 3.63) is 121 Å². The average Bonchev–Trinajstić information content (AvgIpc) is 4.15. The predicted octanol–water partition coefficient (Wildman–Crippen LogP) is 7.32. The Labute approximate surface area is 409 Å². The first-order valence-corrected chi connectivity index (χ1v) is 24.6. The molecule has 6 heterocycles. The van der Waals surface area contributed by atoms with Crippen LogP contribution in [0.3, 0.4) is 0 Å². The minimum atomic E-state index is -0.970. The number of rotatable bonds is 13. The van der Waals surface area contributed by atoms with Gasteiger partial charge in [0.05, 0.1) is 50.6 Å². The van der Waals surface area contributed by atoms with Crippen molar-refractivity contribution in [3.63, 3.8) is 0 Å². The van der Waals surface area contributed by atoms with Crippen molar-refractivity contribution < 1.29 is 24.2 Å². The number of carbonyl (C=O) groups excluding carboxylic acids is 3. The van der Waals surface area contributed by atoms with Gasteiger partial charge >= 0.3 is 0 Å². The Morgan fingerprint density at radius 3 is 2.46 bits per heavy atom. The Morgan fingerprint density at radius 2 is 1.75 bits per heavy atom. The largest absolute Gasteiger partial charge is 0.391 e. The molecule has 8 rings (SSSR count). The minimum absolute atomic E-state index is 0.0191. The number of hydrogen-bond donors (Lipinski definition) is 3. The normalized spacial score (nSPS) is 17.6. The number of likely N-dealkylation sites (tertiary alicyclic amines) is 1. The number of aliphatic hydroxyl groups is 1. The van der Waals surface area contributed by atoms with E-state index in [9.17, 15) is 19.5 Å². The zero-order valence-electron chi connectivity index (χ0n) is 39.3. The molecule has 3 N–H and O–H groups in total. The van der Waals surface area contributed by atoms with Crippen molar-refractivity contribution >= 4 is 57.7 Å². The zero-order valence-corrected chi connectivity index (χ0v) is 41.7. The van der Waals surface area contributed by atoms with E-state index in [1.165, 1.54) is 4.90 Å². The van der Waals surface area contributed by atoms with Crippen LogP contribution in [-0.4, -0.2) is 101 Å². The molecule has 0 unspecified atom stereocenters. The highest BCUT2D eigenvalue weighted by molar-refractivity contribution is 7.15. The number of thiophene rings is 1. The maximum Gasteiger partial charge on any atom is 0.246 e. The lowest BCUT2D eigenvalue weighted by molar-refractivity contribution is -0.144. The number of fused-ring (bicyclic) bond motifs is 3. The first-order chi connectivity index (χ1) is 32.5. The van der Waals surface area contributed by atoms with E-state index in [0.717, 1.165) is 71.2 Å². The van der Waals surface area contributed by atoms with Crippen LogP contribution in [0, 0.1) is 38.0 Å². The fraction of sp³-hybridized carbons (Fsp3) is 0.400. The summed E-state index contributed by atoms with van der Waals surface area (Å²) in [5, 5.41) is 31.5. The molecule has 2 aliphatic heterocycles. The van der Waals surface area contributed by atoms with Crippen molar-refractivity contribution in [1.29, 1.82) is 0 Å². The number of aryl methyl sites for hydroxylation is 3. The highest BCUT2D eigenvalue weighted by atomic mass is 35.5. The first kappa shape index (κ1) is 48.4. The number of carbonyl (C=O) groups is 3. The molecule has 4 aromatic heterocycles. The molecule has 0 bridgehead atoms. The van der Waals surface area contributed by atoms with Gasteiger partial charge in [0.15, 0.2) is 5.82 Å². The number of benzene rings is 2. The van der Waals surface area contributed by atoms with Gasteiger partial charge in [-0.25, -0.2) is 4.98 Å². The van der Waals surface area contributed by atoms with Crippen LogP contribution in [0.25, 0.3) is 15.4 Å². The monoisotopic (exact) mass is 974 g/mol. The average molecular weight is 976 g/mol. The molecule has 68 heavy (non-hydrogen) atoms. The van der Waals surface area contributed by atoms with Gasteiger partial charge in [0.25, 0.3) is 0 Å². The summed E-state index contributed by atoms with van der Waals surface area (Å²) >= 11 is 9.40. The third-order valence-corrected chi connectivity index (χ3v) is 14.6. The number of halogens is 1. The molecule has 5 atom stereocenters. The van der Waals surface area contributed by atoms with Crippen LogP contribution >= 0.6 is 34.3 Å². The summed E-state index contributed by atoms with van der Waals surface area (Å²) in [6.07, 6.45) is 3.39. The number of ether oxygens (including phenoxy) is 1. The molecule has 0 aliphatic carbocycles. The van der Waals surface area contributed by atoms with Gasteiger partial charge in [-0.1, -0.05) is 80.6 Å². The van der Waals surface area contributed by atoms with E-state index in [1.807, 2.05) is 109 Å². The van der Waals surface area contributed by atoms with Crippen molar-refractivity contribution in [2.75, 3.05) is 19.8 Å². The Morgan fingerprint density at radius 1 is 1.01 bits per heavy atom. The summed E-state index contributed by atoms with van der Waals surface area (Å²) < 4.78 is 9.61. The second kappa shape index (κ2) is 20.3.